The Bertz CT molecular complexity index is 510. The fraction of sp³-hybridized carbons (Fsp3) is 0.545. The zero-order valence-corrected chi connectivity index (χ0v) is 11.8. The quantitative estimate of drug-likeness (QED) is 0.905. The second-order valence-corrected chi connectivity index (χ2v) is 7.78. The molecule has 1 fully saturated rings. The van der Waals surface area contributed by atoms with Crippen molar-refractivity contribution in [3.63, 3.8) is 0 Å². The van der Waals surface area contributed by atoms with E-state index in [1.54, 1.807) is 16.2 Å². The highest BCUT2D eigenvalue weighted by Gasteiger charge is 2.32. The zero-order valence-electron chi connectivity index (χ0n) is 10.1. The molecule has 1 N–H and O–H groups in total. The van der Waals surface area contributed by atoms with Gasteiger partial charge >= 0.3 is 6.03 Å². The number of amides is 2. The summed E-state index contributed by atoms with van der Waals surface area (Å²) in [5.74, 6) is 0. The van der Waals surface area contributed by atoms with Crippen molar-refractivity contribution in [2.24, 2.45) is 0 Å². The second kappa shape index (κ2) is 5.27. The van der Waals surface area contributed by atoms with Gasteiger partial charge in [0.25, 0.3) is 0 Å². The van der Waals surface area contributed by atoms with Crippen molar-refractivity contribution >= 4 is 27.2 Å². The molecule has 0 bridgehead atoms. The summed E-state index contributed by atoms with van der Waals surface area (Å²) in [6, 6.07) is 3.70. The third-order valence-corrected chi connectivity index (χ3v) is 5.50. The maximum absolute atomic E-state index is 11.8. The molecule has 0 radical (unpaired) electrons. The van der Waals surface area contributed by atoms with Gasteiger partial charge in [-0.1, -0.05) is 6.07 Å². The number of rotatable bonds is 3. The number of sulfone groups is 1. The molecule has 2 rings (SSSR count). The van der Waals surface area contributed by atoms with E-state index >= 15 is 0 Å². The van der Waals surface area contributed by atoms with Gasteiger partial charge < -0.3 is 10.2 Å². The lowest BCUT2D eigenvalue weighted by Crippen LogP contribution is -2.39. The molecule has 0 aromatic carbocycles. The third-order valence-electron chi connectivity index (χ3n) is 3.03. The fourth-order valence-electron chi connectivity index (χ4n) is 1.95. The van der Waals surface area contributed by atoms with Crippen LogP contribution in [0.15, 0.2) is 17.5 Å². The van der Waals surface area contributed by atoms with Crippen LogP contribution in [-0.4, -0.2) is 43.9 Å². The topological polar surface area (TPSA) is 66.5 Å². The predicted octanol–water partition coefficient (Wildman–Crippen LogP) is 1.08. The van der Waals surface area contributed by atoms with Crippen LogP contribution in [0.2, 0.25) is 0 Å². The first kappa shape index (κ1) is 13.4. The van der Waals surface area contributed by atoms with Gasteiger partial charge in [0.1, 0.15) is 0 Å². The van der Waals surface area contributed by atoms with Crippen LogP contribution < -0.4 is 5.32 Å². The summed E-state index contributed by atoms with van der Waals surface area (Å²) in [5, 5.41) is 4.34. The molecule has 1 aliphatic heterocycles. The van der Waals surface area contributed by atoms with Crippen molar-refractivity contribution in [2.75, 3.05) is 19.3 Å². The van der Waals surface area contributed by atoms with Crippen LogP contribution in [0.5, 0.6) is 0 Å². The summed E-state index contributed by atoms with van der Waals surface area (Å²) in [7, 11) is -3.05. The van der Waals surface area contributed by atoms with E-state index in [2.05, 4.69) is 5.32 Å². The van der Waals surface area contributed by atoms with Crippen LogP contribution >= 0.6 is 11.3 Å². The van der Waals surface area contributed by atoms with Crippen LogP contribution in [0.25, 0.3) is 0 Å². The van der Waals surface area contributed by atoms with E-state index in [1.165, 1.54) is 6.26 Å². The van der Waals surface area contributed by atoms with E-state index in [9.17, 15) is 13.2 Å². The summed E-state index contributed by atoms with van der Waals surface area (Å²) in [4.78, 5) is 14.5. The van der Waals surface area contributed by atoms with Crippen molar-refractivity contribution in [3.05, 3.63) is 22.4 Å². The summed E-state index contributed by atoms with van der Waals surface area (Å²) in [5.41, 5.74) is 0. The lowest BCUT2D eigenvalue weighted by molar-refractivity contribution is 0.208. The molecule has 18 heavy (non-hydrogen) atoms. The van der Waals surface area contributed by atoms with Gasteiger partial charge in [-0.2, -0.15) is 0 Å². The first-order valence-electron chi connectivity index (χ1n) is 5.71. The van der Waals surface area contributed by atoms with E-state index < -0.39 is 15.1 Å². The Balaban J connectivity index is 1.84. The molecule has 0 unspecified atom stereocenters. The van der Waals surface area contributed by atoms with Gasteiger partial charge in [-0.25, -0.2) is 13.2 Å². The highest BCUT2D eigenvalue weighted by molar-refractivity contribution is 7.91. The fourth-order valence-corrected chi connectivity index (χ4v) is 3.58. The Labute approximate surface area is 111 Å². The van der Waals surface area contributed by atoms with E-state index in [0.717, 1.165) is 4.88 Å². The number of carbonyl (C=O) groups excluding carboxylic acids is 1. The largest absolute Gasteiger partial charge is 0.333 e. The zero-order chi connectivity index (χ0) is 13.2. The Kier molecular flexibility index (Phi) is 3.91. The van der Waals surface area contributed by atoms with Gasteiger partial charge in [-0.15, -0.1) is 11.3 Å². The molecule has 1 atom stereocenters. The second-order valence-electron chi connectivity index (χ2n) is 4.42. The van der Waals surface area contributed by atoms with E-state index in [1.807, 2.05) is 17.5 Å². The van der Waals surface area contributed by atoms with Crippen LogP contribution in [0.3, 0.4) is 0 Å². The molecular formula is C11H16N2O3S2. The van der Waals surface area contributed by atoms with Crippen LogP contribution in [0.1, 0.15) is 11.3 Å². The molecule has 2 heterocycles. The number of carbonyl (C=O) groups is 1. The van der Waals surface area contributed by atoms with Crippen molar-refractivity contribution in [1.29, 1.82) is 0 Å². The van der Waals surface area contributed by atoms with Crippen LogP contribution in [0.4, 0.5) is 4.79 Å². The van der Waals surface area contributed by atoms with Crippen molar-refractivity contribution < 1.29 is 13.2 Å². The lowest BCUT2D eigenvalue weighted by atomic mass is 10.4. The van der Waals surface area contributed by atoms with Crippen molar-refractivity contribution in [1.82, 2.24) is 10.2 Å². The normalized spacial score (nSPS) is 20.1. The molecular weight excluding hydrogens is 272 g/mol. The SMILES string of the molecule is CS(=O)(=O)[C@H]1CCN(C(=O)NCc2cccs2)C1. The number of nitrogens with zero attached hydrogens (tertiary/aromatic N) is 1. The van der Waals surface area contributed by atoms with E-state index in [-0.39, 0.29) is 6.03 Å². The standard InChI is InChI=1S/C11H16N2O3S2/c1-18(15,16)10-4-5-13(8-10)11(14)12-7-9-3-2-6-17-9/h2-3,6,10H,4-5,7-8H2,1H3,(H,12,14)/t10-/m0/s1. The summed E-state index contributed by atoms with van der Waals surface area (Å²) in [6.45, 7) is 1.31. The smallest absolute Gasteiger partial charge is 0.317 e. The van der Waals surface area contributed by atoms with Crippen molar-refractivity contribution in [2.45, 2.75) is 18.2 Å². The number of likely N-dealkylation sites (tertiary alicyclic amines) is 1. The van der Waals surface area contributed by atoms with Gasteiger partial charge in [0.15, 0.2) is 9.84 Å². The molecule has 2 amide bonds. The molecule has 1 aromatic rings. The summed E-state index contributed by atoms with van der Waals surface area (Å²) < 4.78 is 22.8. The minimum Gasteiger partial charge on any atom is -0.333 e. The first-order chi connectivity index (χ1) is 8.47. The maximum Gasteiger partial charge on any atom is 0.317 e. The molecule has 0 saturated carbocycles. The van der Waals surface area contributed by atoms with Gasteiger partial charge in [-0.05, 0) is 17.9 Å². The molecule has 1 aromatic heterocycles. The Morgan fingerprint density at radius 1 is 1.61 bits per heavy atom. The molecule has 0 spiro atoms. The molecule has 1 aliphatic rings. The molecule has 0 aliphatic carbocycles. The number of hydrogen-bond donors (Lipinski definition) is 1. The minimum atomic E-state index is -3.05. The highest BCUT2D eigenvalue weighted by Crippen LogP contribution is 2.16. The van der Waals surface area contributed by atoms with E-state index in [4.69, 9.17) is 0 Å². The average Bonchev–Trinajstić information content (AvgIpc) is 2.96. The minimum absolute atomic E-state index is 0.186. The number of hydrogen-bond acceptors (Lipinski definition) is 4. The van der Waals surface area contributed by atoms with Gasteiger partial charge in [-0.3, -0.25) is 0 Å². The van der Waals surface area contributed by atoms with E-state index in [0.29, 0.717) is 26.1 Å². The number of thiophene rings is 1. The van der Waals surface area contributed by atoms with Crippen LogP contribution in [-0.2, 0) is 16.4 Å². The Morgan fingerprint density at radius 3 is 2.94 bits per heavy atom. The number of nitrogens with one attached hydrogen (secondary N) is 1. The highest BCUT2D eigenvalue weighted by atomic mass is 32.2. The van der Waals surface area contributed by atoms with Gasteiger partial charge in [0, 0.05) is 24.2 Å². The van der Waals surface area contributed by atoms with Crippen LogP contribution in [0, 0.1) is 0 Å². The first-order valence-corrected chi connectivity index (χ1v) is 8.54. The predicted molar refractivity (Wildman–Crippen MR) is 71.4 cm³/mol. The molecule has 1 saturated heterocycles. The molecule has 5 nitrogen and oxygen atoms in total. The third kappa shape index (κ3) is 3.23. The number of urea groups is 1. The Hall–Kier alpha value is -1.08. The van der Waals surface area contributed by atoms with Crippen molar-refractivity contribution in [3.8, 4) is 0 Å². The maximum atomic E-state index is 11.8. The molecule has 7 heteroatoms. The summed E-state index contributed by atoms with van der Waals surface area (Å²) in [6.07, 6.45) is 1.76. The lowest BCUT2D eigenvalue weighted by Gasteiger charge is -2.16. The Morgan fingerprint density at radius 2 is 2.39 bits per heavy atom. The monoisotopic (exact) mass is 288 g/mol. The molecule has 100 valence electrons. The average molecular weight is 288 g/mol. The van der Waals surface area contributed by atoms with Gasteiger partial charge in [0.05, 0.1) is 11.8 Å². The van der Waals surface area contributed by atoms with Gasteiger partial charge in [0.2, 0.25) is 0 Å². The summed E-state index contributed by atoms with van der Waals surface area (Å²) >= 11 is 1.58.